The number of carbonyl (C=O) groups is 2. The van der Waals surface area contributed by atoms with Gasteiger partial charge in [0.15, 0.2) is 6.10 Å². The van der Waals surface area contributed by atoms with E-state index in [9.17, 15) is 19.1 Å². The number of nitrogens with one attached hydrogen (secondary N) is 1. The molecule has 2 aromatic carbocycles. The highest BCUT2D eigenvalue weighted by atomic mass is 19.1. The Bertz CT molecular complexity index is 939. The number of urea groups is 1. The molecular formula is C29H41FN2O6. The van der Waals surface area contributed by atoms with E-state index in [1.165, 1.54) is 12.1 Å². The second-order valence-electron chi connectivity index (χ2n) is 8.94. The maximum atomic E-state index is 13.0. The van der Waals surface area contributed by atoms with Crippen LogP contribution in [0.5, 0.6) is 5.75 Å². The number of halogens is 1. The van der Waals surface area contributed by atoms with Crippen molar-refractivity contribution in [3.8, 4) is 5.75 Å². The first-order valence-electron chi connectivity index (χ1n) is 13.3. The van der Waals surface area contributed by atoms with Crippen molar-refractivity contribution in [2.75, 3.05) is 39.5 Å². The molecule has 210 valence electrons. The number of benzene rings is 2. The van der Waals surface area contributed by atoms with Gasteiger partial charge in [0.25, 0.3) is 0 Å². The molecule has 9 heteroatoms. The van der Waals surface area contributed by atoms with Crippen molar-refractivity contribution in [1.29, 1.82) is 0 Å². The molecule has 1 atom stereocenters. The summed E-state index contributed by atoms with van der Waals surface area (Å²) in [6.07, 6.45) is 2.90. The average molecular weight is 533 g/mol. The van der Waals surface area contributed by atoms with Crippen LogP contribution in [0, 0.1) is 5.82 Å². The third kappa shape index (κ3) is 12.4. The fourth-order valence-corrected chi connectivity index (χ4v) is 3.70. The zero-order chi connectivity index (χ0) is 27.6. The molecule has 38 heavy (non-hydrogen) atoms. The van der Waals surface area contributed by atoms with Crippen molar-refractivity contribution < 1.29 is 33.3 Å². The predicted molar refractivity (Wildman–Crippen MR) is 144 cm³/mol. The molecule has 8 nitrogen and oxygen atoms in total. The number of ether oxygens (including phenoxy) is 3. The van der Waals surface area contributed by atoms with E-state index in [4.69, 9.17) is 14.2 Å². The molecule has 0 aromatic heterocycles. The summed E-state index contributed by atoms with van der Waals surface area (Å²) in [7, 11) is 0. The fraction of sp³-hybridized carbons (Fsp3) is 0.517. The molecule has 2 aromatic rings. The topological polar surface area (TPSA) is 97.3 Å². The number of hydrogen-bond acceptors (Lipinski definition) is 5. The Balaban J connectivity index is 1.77. The van der Waals surface area contributed by atoms with Gasteiger partial charge >= 0.3 is 12.0 Å². The Morgan fingerprint density at radius 3 is 2.32 bits per heavy atom. The van der Waals surface area contributed by atoms with Crippen LogP contribution < -0.4 is 10.1 Å². The Morgan fingerprint density at radius 1 is 0.947 bits per heavy atom. The summed E-state index contributed by atoms with van der Waals surface area (Å²) >= 11 is 0. The molecule has 0 fully saturated rings. The summed E-state index contributed by atoms with van der Waals surface area (Å²) in [5.41, 5.74) is 1.77. The van der Waals surface area contributed by atoms with Gasteiger partial charge in [-0.2, -0.15) is 0 Å². The van der Waals surface area contributed by atoms with Crippen molar-refractivity contribution in [1.82, 2.24) is 10.2 Å². The van der Waals surface area contributed by atoms with Crippen LogP contribution in [0.1, 0.15) is 50.7 Å². The van der Waals surface area contributed by atoms with Crippen molar-refractivity contribution in [2.45, 2.75) is 58.7 Å². The quantitative estimate of drug-likeness (QED) is 0.246. The minimum atomic E-state index is -0.982. The van der Waals surface area contributed by atoms with Gasteiger partial charge in [0, 0.05) is 32.7 Å². The lowest BCUT2D eigenvalue weighted by Gasteiger charge is -2.23. The van der Waals surface area contributed by atoms with Crippen molar-refractivity contribution in [2.24, 2.45) is 0 Å². The monoisotopic (exact) mass is 532 g/mol. The number of rotatable bonds is 19. The van der Waals surface area contributed by atoms with E-state index < -0.39 is 12.1 Å². The van der Waals surface area contributed by atoms with Crippen LogP contribution in [0.4, 0.5) is 9.18 Å². The summed E-state index contributed by atoms with van der Waals surface area (Å²) in [6, 6.07) is 13.4. The number of unbranched alkanes of at least 4 members (excludes halogenated alkanes) is 2. The molecule has 0 heterocycles. The molecule has 0 aliphatic carbocycles. The number of carboxylic acid groups (broad SMARTS) is 1. The third-order valence-electron chi connectivity index (χ3n) is 5.86. The molecule has 0 radical (unpaired) electrons. The highest BCUT2D eigenvalue weighted by molar-refractivity contribution is 5.74. The van der Waals surface area contributed by atoms with E-state index in [0.29, 0.717) is 51.8 Å². The van der Waals surface area contributed by atoms with Gasteiger partial charge in [0.05, 0.1) is 13.2 Å². The first kappa shape index (κ1) is 31.1. The first-order chi connectivity index (χ1) is 18.4. The smallest absolute Gasteiger partial charge is 0.333 e. The van der Waals surface area contributed by atoms with Crippen LogP contribution in [0.15, 0.2) is 48.5 Å². The number of hydrogen-bond donors (Lipinski definition) is 2. The Hall–Kier alpha value is -3.17. The van der Waals surface area contributed by atoms with Gasteiger partial charge in [-0.05, 0) is 61.6 Å². The Labute approximate surface area is 225 Å². The third-order valence-corrected chi connectivity index (χ3v) is 5.86. The van der Waals surface area contributed by atoms with Gasteiger partial charge in [-0.25, -0.2) is 14.0 Å². The molecule has 0 aliphatic rings. The average Bonchev–Trinajstić information content (AvgIpc) is 2.91. The molecular weight excluding hydrogens is 491 g/mol. The van der Waals surface area contributed by atoms with E-state index in [1.54, 1.807) is 36.1 Å². The van der Waals surface area contributed by atoms with Crippen molar-refractivity contribution >= 4 is 12.0 Å². The number of aliphatic carboxylic acids is 1. The zero-order valence-corrected chi connectivity index (χ0v) is 22.5. The van der Waals surface area contributed by atoms with Gasteiger partial charge < -0.3 is 29.5 Å². The van der Waals surface area contributed by atoms with Crippen molar-refractivity contribution in [3.05, 3.63) is 65.5 Å². The Morgan fingerprint density at radius 2 is 1.66 bits per heavy atom. The van der Waals surface area contributed by atoms with E-state index >= 15 is 0 Å². The number of carboxylic acids is 1. The summed E-state index contributed by atoms with van der Waals surface area (Å²) in [4.78, 5) is 25.7. The summed E-state index contributed by atoms with van der Waals surface area (Å²) in [5.74, 6) is -0.597. The lowest BCUT2D eigenvalue weighted by Crippen LogP contribution is -2.43. The first-order valence-corrected chi connectivity index (χ1v) is 13.3. The lowest BCUT2D eigenvalue weighted by atomic mass is 10.1. The van der Waals surface area contributed by atoms with Gasteiger partial charge in [-0.1, -0.05) is 37.6 Å². The van der Waals surface area contributed by atoms with Crippen molar-refractivity contribution in [3.63, 3.8) is 0 Å². The molecule has 2 rings (SSSR count). The van der Waals surface area contributed by atoms with E-state index in [2.05, 4.69) is 12.2 Å². The standard InChI is InChI=1S/C29H41FN2O6/c1-3-5-16-31-29(35)32(17-6-7-19-36-22-24-8-12-25(30)13-9-24)18-20-38-26-14-10-23(11-15-26)21-27(28(33)34)37-4-2/h8-15,27H,3-7,16-22H2,1-2H3,(H,31,35)(H,33,34). The van der Waals surface area contributed by atoms with Crippen LogP contribution in [0.3, 0.4) is 0 Å². The zero-order valence-electron chi connectivity index (χ0n) is 22.5. The summed E-state index contributed by atoms with van der Waals surface area (Å²) < 4.78 is 29.8. The molecule has 0 saturated heterocycles. The van der Waals surface area contributed by atoms with Crippen LogP contribution in [-0.2, 0) is 27.3 Å². The van der Waals surface area contributed by atoms with E-state index in [0.717, 1.165) is 36.8 Å². The lowest BCUT2D eigenvalue weighted by molar-refractivity contribution is -0.149. The number of nitrogens with zero attached hydrogens (tertiary/aromatic N) is 1. The predicted octanol–water partition coefficient (Wildman–Crippen LogP) is 5.05. The minimum absolute atomic E-state index is 0.111. The minimum Gasteiger partial charge on any atom is -0.492 e. The van der Waals surface area contributed by atoms with Crippen LogP contribution in [-0.4, -0.2) is 67.6 Å². The maximum Gasteiger partial charge on any atom is 0.333 e. The number of amides is 2. The maximum absolute atomic E-state index is 13.0. The molecule has 2 amide bonds. The number of carbonyl (C=O) groups excluding carboxylic acids is 1. The van der Waals surface area contributed by atoms with Crippen LogP contribution in [0.25, 0.3) is 0 Å². The molecule has 1 unspecified atom stereocenters. The molecule has 0 bridgehead atoms. The fourth-order valence-electron chi connectivity index (χ4n) is 3.70. The normalized spacial score (nSPS) is 11.7. The van der Waals surface area contributed by atoms with Crippen LogP contribution in [0.2, 0.25) is 0 Å². The second kappa shape index (κ2) is 18.1. The molecule has 0 aliphatic heterocycles. The molecule has 2 N–H and O–H groups in total. The van der Waals surface area contributed by atoms with Gasteiger partial charge in [0.1, 0.15) is 18.2 Å². The van der Waals surface area contributed by atoms with Crippen LogP contribution >= 0.6 is 0 Å². The highest BCUT2D eigenvalue weighted by Crippen LogP contribution is 2.15. The molecule has 0 saturated carbocycles. The summed E-state index contributed by atoms with van der Waals surface area (Å²) in [5, 5.41) is 12.2. The second-order valence-corrected chi connectivity index (χ2v) is 8.94. The van der Waals surface area contributed by atoms with E-state index in [-0.39, 0.29) is 18.3 Å². The largest absolute Gasteiger partial charge is 0.492 e. The summed E-state index contributed by atoms with van der Waals surface area (Å²) in [6.45, 7) is 7.14. The van der Waals surface area contributed by atoms with E-state index in [1.807, 2.05) is 12.1 Å². The van der Waals surface area contributed by atoms with Gasteiger partial charge in [-0.15, -0.1) is 0 Å². The molecule has 0 spiro atoms. The SMILES string of the molecule is CCCCNC(=O)N(CCCCOCc1ccc(F)cc1)CCOc1ccc(CC(OCC)C(=O)O)cc1. The highest BCUT2D eigenvalue weighted by Gasteiger charge is 2.18. The van der Waals surface area contributed by atoms with Gasteiger partial charge in [0.2, 0.25) is 0 Å². The van der Waals surface area contributed by atoms with Gasteiger partial charge in [-0.3, -0.25) is 0 Å². The Kier molecular flexibility index (Phi) is 14.8.